The van der Waals surface area contributed by atoms with Gasteiger partial charge in [-0.25, -0.2) is 8.78 Å². The summed E-state index contributed by atoms with van der Waals surface area (Å²) < 4.78 is 35.8. The monoisotopic (exact) mass is 262 g/mol. The lowest BCUT2D eigenvalue weighted by molar-refractivity contribution is -0.0249. The molecule has 0 unspecified atom stereocenters. The molecule has 0 aliphatic carbocycles. The lowest BCUT2D eigenvalue weighted by Crippen LogP contribution is -2.00. The van der Waals surface area contributed by atoms with Crippen LogP contribution < -0.4 is 0 Å². The van der Waals surface area contributed by atoms with E-state index in [1.54, 1.807) is 0 Å². The van der Waals surface area contributed by atoms with E-state index in [0.29, 0.717) is 5.56 Å². The molecule has 0 fully saturated rings. The van der Waals surface area contributed by atoms with Crippen molar-refractivity contribution in [3.05, 3.63) is 46.3 Å². The standard InChI is InChI=1S/C9H5BrF2O2/c10-6-3-5(4-7(11)8(6)12)9-13-1-2-14-9/h1-4,9H. The highest BCUT2D eigenvalue weighted by atomic mass is 79.9. The van der Waals surface area contributed by atoms with Gasteiger partial charge in [-0.05, 0) is 28.1 Å². The summed E-state index contributed by atoms with van der Waals surface area (Å²) in [5.74, 6) is -1.85. The Balaban J connectivity index is 2.35. The first-order valence-electron chi connectivity index (χ1n) is 3.79. The van der Waals surface area contributed by atoms with Crippen LogP contribution in [0.15, 0.2) is 29.1 Å². The summed E-state index contributed by atoms with van der Waals surface area (Å²) in [6.45, 7) is 0. The lowest BCUT2D eigenvalue weighted by atomic mass is 10.2. The molecule has 1 aromatic carbocycles. The number of rotatable bonds is 1. The first-order valence-corrected chi connectivity index (χ1v) is 4.58. The van der Waals surface area contributed by atoms with Crippen LogP contribution in [0, 0.1) is 11.6 Å². The molecular weight excluding hydrogens is 258 g/mol. The summed E-state index contributed by atoms with van der Waals surface area (Å²) in [4.78, 5) is 0. The van der Waals surface area contributed by atoms with E-state index >= 15 is 0 Å². The first-order chi connectivity index (χ1) is 6.68. The smallest absolute Gasteiger partial charge is 0.266 e. The van der Waals surface area contributed by atoms with E-state index in [0.717, 1.165) is 6.07 Å². The third-order valence-corrected chi connectivity index (χ3v) is 2.32. The molecule has 2 nitrogen and oxygen atoms in total. The summed E-state index contributed by atoms with van der Waals surface area (Å²) in [6, 6.07) is 2.45. The molecular formula is C9H5BrF2O2. The minimum atomic E-state index is -0.937. The largest absolute Gasteiger partial charge is 0.455 e. The van der Waals surface area contributed by atoms with Crippen molar-refractivity contribution in [3.63, 3.8) is 0 Å². The van der Waals surface area contributed by atoms with E-state index in [-0.39, 0.29) is 4.47 Å². The molecule has 0 radical (unpaired) electrons. The lowest BCUT2D eigenvalue weighted by Gasteiger charge is -2.11. The van der Waals surface area contributed by atoms with E-state index in [2.05, 4.69) is 15.9 Å². The van der Waals surface area contributed by atoms with Gasteiger partial charge in [0.25, 0.3) is 6.29 Å². The Labute approximate surface area is 87.3 Å². The molecule has 1 heterocycles. The van der Waals surface area contributed by atoms with Crippen LogP contribution in [0.1, 0.15) is 11.9 Å². The van der Waals surface area contributed by atoms with Crippen LogP contribution in [0.5, 0.6) is 0 Å². The van der Waals surface area contributed by atoms with Crippen LogP contribution in [0.3, 0.4) is 0 Å². The second-order valence-corrected chi connectivity index (χ2v) is 3.53. The molecule has 0 bridgehead atoms. The van der Waals surface area contributed by atoms with Crippen molar-refractivity contribution in [2.24, 2.45) is 0 Å². The fourth-order valence-electron chi connectivity index (χ4n) is 1.11. The third kappa shape index (κ3) is 1.59. The zero-order chi connectivity index (χ0) is 10.1. The van der Waals surface area contributed by atoms with E-state index in [9.17, 15) is 8.78 Å². The predicted molar refractivity (Wildman–Crippen MR) is 48.1 cm³/mol. The maximum atomic E-state index is 13.0. The Morgan fingerprint density at radius 2 is 1.79 bits per heavy atom. The SMILES string of the molecule is Fc1cc(C2OC=CO2)cc(Br)c1F. The van der Waals surface area contributed by atoms with E-state index in [4.69, 9.17) is 9.47 Å². The second kappa shape index (κ2) is 3.57. The van der Waals surface area contributed by atoms with Crippen molar-refractivity contribution < 1.29 is 18.3 Å². The van der Waals surface area contributed by atoms with Crippen LogP contribution >= 0.6 is 15.9 Å². The maximum absolute atomic E-state index is 13.0. The molecule has 0 N–H and O–H groups in total. The van der Waals surface area contributed by atoms with Crippen LogP contribution in [-0.2, 0) is 9.47 Å². The number of hydrogen-bond donors (Lipinski definition) is 0. The van der Waals surface area contributed by atoms with E-state index in [1.165, 1.54) is 18.6 Å². The van der Waals surface area contributed by atoms with Crippen molar-refractivity contribution in [1.82, 2.24) is 0 Å². The average molecular weight is 263 g/mol. The average Bonchev–Trinajstić information content (AvgIpc) is 2.66. The molecule has 0 spiro atoms. The summed E-state index contributed by atoms with van der Waals surface area (Å²) >= 11 is 2.90. The highest BCUT2D eigenvalue weighted by molar-refractivity contribution is 9.10. The molecule has 14 heavy (non-hydrogen) atoms. The summed E-state index contributed by atoms with van der Waals surface area (Å²) in [5, 5.41) is 0. The van der Waals surface area contributed by atoms with Gasteiger partial charge in [-0.15, -0.1) is 0 Å². The first kappa shape index (κ1) is 9.45. The van der Waals surface area contributed by atoms with Gasteiger partial charge in [0, 0.05) is 5.56 Å². The maximum Gasteiger partial charge on any atom is 0.266 e. The topological polar surface area (TPSA) is 18.5 Å². The van der Waals surface area contributed by atoms with Crippen molar-refractivity contribution in [1.29, 1.82) is 0 Å². The number of benzene rings is 1. The van der Waals surface area contributed by atoms with Crippen molar-refractivity contribution in [2.45, 2.75) is 6.29 Å². The quantitative estimate of drug-likeness (QED) is 0.724. The van der Waals surface area contributed by atoms with Gasteiger partial charge in [-0.3, -0.25) is 0 Å². The molecule has 0 aromatic heterocycles. The molecule has 74 valence electrons. The predicted octanol–water partition coefficient (Wildman–Crippen LogP) is 3.24. The van der Waals surface area contributed by atoms with E-state index < -0.39 is 17.9 Å². The summed E-state index contributed by atoms with van der Waals surface area (Å²) in [6.07, 6.45) is 2.00. The van der Waals surface area contributed by atoms with Gasteiger partial charge in [-0.2, -0.15) is 0 Å². The van der Waals surface area contributed by atoms with Gasteiger partial charge in [0.2, 0.25) is 0 Å². The molecule has 0 amide bonds. The van der Waals surface area contributed by atoms with Crippen LogP contribution in [0.4, 0.5) is 8.78 Å². The molecule has 2 rings (SSSR count). The molecule has 1 aliphatic rings. The fourth-order valence-corrected chi connectivity index (χ4v) is 1.56. The third-order valence-electron chi connectivity index (χ3n) is 1.74. The number of ether oxygens (including phenoxy) is 2. The highest BCUT2D eigenvalue weighted by Gasteiger charge is 2.19. The molecule has 0 saturated heterocycles. The Hall–Kier alpha value is -1.10. The summed E-state index contributed by atoms with van der Waals surface area (Å²) in [5.41, 5.74) is 0.417. The van der Waals surface area contributed by atoms with E-state index in [1.807, 2.05) is 0 Å². The Bertz CT molecular complexity index is 361. The minimum Gasteiger partial charge on any atom is -0.455 e. The van der Waals surface area contributed by atoms with Gasteiger partial charge in [0.1, 0.15) is 12.5 Å². The zero-order valence-corrected chi connectivity index (χ0v) is 8.42. The molecule has 0 atom stereocenters. The van der Waals surface area contributed by atoms with Gasteiger partial charge in [-0.1, -0.05) is 0 Å². The second-order valence-electron chi connectivity index (χ2n) is 2.67. The summed E-state index contributed by atoms with van der Waals surface area (Å²) in [7, 11) is 0. The molecule has 1 aliphatic heterocycles. The molecule has 0 saturated carbocycles. The Morgan fingerprint density at radius 1 is 1.14 bits per heavy atom. The van der Waals surface area contributed by atoms with Gasteiger partial charge in [0.15, 0.2) is 11.6 Å². The Morgan fingerprint density at radius 3 is 2.36 bits per heavy atom. The zero-order valence-electron chi connectivity index (χ0n) is 6.84. The molecule has 1 aromatic rings. The highest BCUT2D eigenvalue weighted by Crippen LogP contribution is 2.29. The fraction of sp³-hybridized carbons (Fsp3) is 0.111. The van der Waals surface area contributed by atoms with Crippen molar-refractivity contribution in [2.75, 3.05) is 0 Å². The number of halogens is 3. The van der Waals surface area contributed by atoms with Gasteiger partial charge in [0.05, 0.1) is 4.47 Å². The Kier molecular flexibility index (Phi) is 2.41. The van der Waals surface area contributed by atoms with Crippen LogP contribution in [0.25, 0.3) is 0 Å². The van der Waals surface area contributed by atoms with Crippen LogP contribution in [-0.4, -0.2) is 0 Å². The van der Waals surface area contributed by atoms with Crippen LogP contribution in [0.2, 0.25) is 0 Å². The number of hydrogen-bond acceptors (Lipinski definition) is 2. The normalized spacial score (nSPS) is 15.4. The molecule has 5 heteroatoms. The van der Waals surface area contributed by atoms with Crippen molar-refractivity contribution in [3.8, 4) is 0 Å². The van der Waals surface area contributed by atoms with Gasteiger partial charge >= 0.3 is 0 Å². The van der Waals surface area contributed by atoms with Gasteiger partial charge < -0.3 is 9.47 Å². The minimum absolute atomic E-state index is 0.0478. The van der Waals surface area contributed by atoms with Crippen molar-refractivity contribution >= 4 is 15.9 Å².